The highest BCUT2D eigenvalue weighted by molar-refractivity contribution is 6.01. The highest BCUT2D eigenvalue weighted by Crippen LogP contribution is 2.19. The average molecular weight is 226 g/mol. The van der Waals surface area contributed by atoms with Gasteiger partial charge in [0.2, 0.25) is 0 Å². The predicted molar refractivity (Wildman–Crippen MR) is 52.8 cm³/mol. The van der Waals surface area contributed by atoms with E-state index in [-0.39, 0.29) is 18.9 Å². The van der Waals surface area contributed by atoms with Gasteiger partial charge < -0.3 is 4.84 Å². The largest absolute Gasteiger partial charge is 0.350 e. The van der Waals surface area contributed by atoms with Gasteiger partial charge in [0.1, 0.15) is 6.04 Å². The molecule has 2 rings (SSSR count). The minimum Gasteiger partial charge on any atom is -0.329 e. The van der Waals surface area contributed by atoms with Crippen LogP contribution in [-0.2, 0) is 19.2 Å². The zero-order chi connectivity index (χ0) is 11.7. The third-order valence-electron chi connectivity index (χ3n) is 2.98. The van der Waals surface area contributed by atoms with Crippen molar-refractivity contribution in [2.45, 2.75) is 31.7 Å². The SMILES string of the molecule is CN1CCCC1C(=O)ON1C(=O)CCC1=O. The van der Waals surface area contributed by atoms with Crippen LogP contribution in [0.4, 0.5) is 0 Å². The Labute approximate surface area is 93.1 Å². The van der Waals surface area contributed by atoms with E-state index in [1.165, 1.54) is 0 Å². The highest BCUT2D eigenvalue weighted by Gasteiger charge is 2.37. The lowest BCUT2D eigenvalue weighted by Crippen LogP contribution is -2.40. The molecule has 16 heavy (non-hydrogen) atoms. The van der Waals surface area contributed by atoms with Gasteiger partial charge in [-0.1, -0.05) is 0 Å². The van der Waals surface area contributed by atoms with Crippen molar-refractivity contribution in [2.24, 2.45) is 0 Å². The number of hydrogen-bond donors (Lipinski definition) is 0. The van der Waals surface area contributed by atoms with Crippen molar-refractivity contribution in [3.63, 3.8) is 0 Å². The van der Waals surface area contributed by atoms with Gasteiger partial charge in [-0.15, -0.1) is 5.06 Å². The topological polar surface area (TPSA) is 66.9 Å². The number of hydroxylamine groups is 2. The Kier molecular flexibility index (Phi) is 2.91. The fourth-order valence-electron chi connectivity index (χ4n) is 2.02. The molecule has 0 aliphatic carbocycles. The maximum absolute atomic E-state index is 11.7. The van der Waals surface area contributed by atoms with Crippen LogP contribution in [0.5, 0.6) is 0 Å². The van der Waals surface area contributed by atoms with Crippen LogP contribution in [-0.4, -0.2) is 47.4 Å². The van der Waals surface area contributed by atoms with Gasteiger partial charge in [-0.05, 0) is 26.4 Å². The molecule has 6 heteroatoms. The van der Waals surface area contributed by atoms with Crippen LogP contribution in [0.25, 0.3) is 0 Å². The number of hydrogen-bond acceptors (Lipinski definition) is 5. The molecule has 0 spiro atoms. The number of amides is 2. The van der Waals surface area contributed by atoms with Gasteiger partial charge in [-0.25, -0.2) is 4.79 Å². The van der Waals surface area contributed by atoms with E-state index in [1.54, 1.807) is 0 Å². The molecule has 0 aromatic heterocycles. The number of imide groups is 1. The number of carbonyl (C=O) groups is 3. The van der Waals surface area contributed by atoms with Crippen molar-refractivity contribution < 1.29 is 19.2 Å². The first-order chi connectivity index (χ1) is 7.59. The number of likely N-dealkylation sites (N-methyl/N-ethyl adjacent to an activating group) is 1. The molecule has 0 bridgehead atoms. The fraction of sp³-hybridized carbons (Fsp3) is 0.700. The lowest BCUT2D eigenvalue weighted by Gasteiger charge is -2.20. The Morgan fingerprint density at radius 3 is 2.44 bits per heavy atom. The van der Waals surface area contributed by atoms with Crippen LogP contribution in [0.2, 0.25) is 0 Å². The van der Waals surface area contributed by atoms with Crippen molar-refractivity contribution >= 4 is 17.8 Å². The molecule has 6 nitrogen and oxygen atoms in total. The summed E-state index contributed by atoms with van der Waals surface area (Å²) in [6, 6.07) is -0.332. The smallest absolute Gasteiger partial charge is 0.329 e. The van der Waals surface area contributed by atoms with Gasteiger partial charge >= 0.3 is 5.97 Å². The average Bonchev–Trinajstić information content (AvgIpc) is 2.79. The molecule has 2 amide bonds. The van der Waals surface area contributed by atoms with Crippen LogP contribution in [0, 0.1) is 0 Å². The summed E-state index contributed by atoms with van der Waals surface area (Å²) < 4.78 is 0. The number of carbonyl (C=O) groups excluding carboxylic acids is 3. The summed E-state index contributed by atoms with van der Waals surface area (Å²) in [7, 11) is 1.83. The number of rotatable bonds is 2. The van der Waals surface area contributed by atoms with E-state index in [0.29, 0.717) is 11.5 Å². The Balaban J connectivity index is 1.96. The predicted octanol–water partition coefficient (Wildman–Crippen LogP) is -0.312. The second kappa shape index (κ2) is 4.21. The van der Waals surface area contributed by atoms with Gasteiger partial charge in [0, 0.05) is 12.8 Å². The molecule has 2 heterocycles. The van der Waals surface area contributed by atoms with Crippen molar-refractivity contribution in [1.82, 2.24) is 9.96 Å². The molecule has 1 atom stereocenters. The summed E-state index contributed by atoms with van der Waals surface area (Å²) in [6.45, 7) is 0.835. The first-order valence-corrected chi connectivity index (χ1v) is 5.37. The summed E-state index contributed by atoms with van der Waals surface area (Å²) in [6.07, 6.45) is 1.91. The Bertz CT molecular complexity index is 326. The van der Waals surface area contributed by atoms with Gasteiger partial charge in [0.05, 0.1) is 0 Å². The third kappa shape index (κ3) is 1.92. The van der Waals surface area contributed by atoms with E-state index in [2.05, 4.69) is 0 Å². The molecule has 2 fully saturated rings. The Morgan fingerprint density at radius 2 is 1.94 bits per heavy atom. The van der Waals surface area contributed by atoms with Crippen LogP contribution < -0.4 is 0 Å². The molecule has 0 N–H and O–H groups in total. The second-order valence-electron chi connectivity index (χ2n) is 4.13. The number of nitrogens with zero attached hydrogens (tertiary/aromatic N) is 2. The summed E-state index contributed by atoms with van der Waals surface area (Å²) in [5.74, 6) is -1.37. The lowest BCUT2D eigenvalue weighted by atomic mass is 10.2. The Morgan fingerprint density at radius 1 is 1.31 bits per heavy atom. The van der Waals surface area contributed by atoms with E-state index in [4.69, 9.17) is 4.84 Å². The summed E-state index contributed by atoms with van der Waals surface area (Å²) in [5.41, 5.74) is 0. The number of likely N-dealkylation sites (tertiary alicyclic amines) is 1. The Hall–Kier alpha value is -1.43. The molecular formula is C10H14N2O4. The van der Waals surface area contributed by atoms with E-state index >= 15 is 0 Å². The molecule has 0 radical (unpaired) electrons. The van der Waals surface area contributed by atoms with E-state index < -0.39 is 17.8 Å². The summed E-state index contributed by atoms with van der Waals surface area (Å²) in [4.78, 5) is 40.9. The molecule has 0 aromatic rings. The van der Waals surface area contributed by atoms with Crippen molar-refractivity contribution in [3.05, 3.63) is 0 Å². The summed E-state index contributed by atoms with van der Waals surface area (Å²) >= 11 is 0. The van der Waals surface area contributed by atoms with Crippen molar-refractivity contribution in [3.8, 4) is 0 Å². The van der Waals surface area contributed by atoms with E-state index in [0.717, 1.165) is 13.0 Å². The van der Waals surface area contributed by atoms with Crippen LogP contribution in [0.3, 0.4) is 0 Å². The summed E-state index contributed by atoms with van der Waals surface area (Å²) in [5, 5.41) is 0.606. The first-order valence-electron chi connectivity index (χ1n) is 5.37. The van der Waals surface area contributed by atoms with Gasteiger partial charge in [0.15, 0.2) is 0 Å². The molecule has 88 valence electrons. The maximum atomic E-state index is 11.7. The zero-order valence-corrected chi connectivity index (χ0v) is 9.14. The normalized spacial score (nSPS) is 26.6. The van der Waals surface area contributed by atoms with E-state index in [1.807, 2.05) is 11.9 Å². The van der Waals surface area contributed by atoms with Crippen LogP contribution in [0.15, 0.2) is 0 Å². The molecule has 0 aromatic carbocycles. The third-order valence-corrected chi connectivity index (χ3v) is 2.98. The zero-order valence-electron chi connectivity index (χ0n) is 9.14. The molecule has 0 saturated carbocycles. The first kappa shape index (κ1) is 11.1. The molecule has 2 aliphatic rings. The van der Waals surface area contributed by atoms with Crippen LogP contribution >= 0.6 is 0 Å². The monoisotopic (exact) mass is 226 g/mol. The van der Waals surface area contributed by atoms with Crippen LogP contribution in [0.1, 0.15) is 25.7 Å². The standard InChI is InChI=1S/C10H14N2O4/c1-11-6-2-3-7(11)10(15)16-12-8(13)4-5-9(12)14/h7H,2-6H2,1H3. The maximum Gasteiger partial charge on any atom is 0.350 e. The minimum absolute atomic E-state index is 0.132. The van der Waals surface area contributed by atoms with Gasteiger partial charge in [0.25, 0.3) is 11.8 Å². The highest BCUT2D eigenvalue weighted by atomic mass is 16.7. The molecule has 2 aliphatic heterocycles. The lowest BCUT2D eigenvalue weighted by molar-refractivity contribution is -0.200. The van der Waals surface area contributed by atoms with E-state index in [9.17, 15) is 14.4 Å². The molecular weight excluding hydrogens is 212 g/mol. The van der Waals surface area contributed by atoms with Gasteiger partial charge in [-0.2, -0.15) is 0 Å². The second-order valence-corrected chi connectivity index (χ2v) is 4.13. The fourth-order valence-corrected chi connectivity index (χ4v) is 2.02. The van der Waals surface area contributed by atoms with Gasteiger partial charge in [-0.3, -0.25) is 14.5 Å². The molecule has 2 saturated heterocycles. The molecule has 1 unspecified atom stereocenters. The quantitative estimate of drug-likeness (QED) is 0.604. The van der Waals surface area contributed by atoms with Crippen molar-refractivity contribution in [1.29, 1.82) is 0 Å². The minimum atomic E-state index is -0.511. The van der Waals surface area contributed by atoms with Crippen molar-refractivity contribution in [2.75, 3.05) is 13.6 Å².